The zero-order valence-corrected chi connectivity index (χ0v) is 14.4. The minimum absolute atomic E-state index is 0.495. The first-order valence-electron chi connectivity index (χ1n) is 9.19. The molecule has 3 rings (SSSR count). The van der Waals surface area contributed by atoms with Crippen LogP contribution in [0.2, 0.25) is 0 Å². The second kappa shape index (κ2) is 7.42. The first-order chi connectivity index (χ1) is 11.4. The summed E-state index contributed by atoms with van der Waals surface area (Å²) in [6.07, 6.45) is 3.35. The van der Waals surface area contributed by atoms with Gasteiger partial charge in [0.2, 0.25) is 0 Å². The van der Waals surface area contributed by atoms with E-state index in [-0.39, 0.29) is 0 Å². The normalized spacial score (nSPS) is 23.8. The lowest BCUT2D eigenvalue weighted by molar-refractivity contribution is -0.141. The Balaban J connectivity index is 1.77. The Morgan fingerprint density at radius 2 is 1.88 bits per heavy atom. The van der Waals surface area contributed by atoms with Gasteiger partial charge in [0.05, 0.1) is 0 Å². The zero-order chi connectivity index (χ0) is 17.2. The summed E-state index contributed by atoms with van der Waals surface area (Å²) in [4.78, 5) is 6.20. The second-order valence-corrected chi connectivity index (χ2v) is 7.69. The van der Waals surface area contributed by atoms with E-state index in [4.69, 9.17) is 0 Å². The Bertz CT molecular complexity index is 525. The van der Waals surface area contributed by atoms with Crippen molar-refractivity contribution in [1.82, 2.24) is 9.88 Å². The van der Waals surface area contributed by atoms with Crippen LogP contribution in [0.5, 0.6) is 0 Å². The molecule has 5 heteroatoms. The molecule has 1 aliphatic heterocycles. The van der Waals surface area contributed by atoms with Gasteiger partial charge < -0.3 is 0 Å². The van der Waals surface area contributed by atoms with Crippen molar-refractivity contribution in [3.05, 3.63) is 29.1 Å². The lowest BCUT2D eigenvalue weighted by Crippen LogP contribution is -2.21. The van der Waals surface area contributed by atoms with Gasteiger partial charge in [0, 0.05) is 18.8 Å². The van der Waals surface area contributed by atoms with Crippen LogP contribution >= 0.6 is 0 Å². The van der Waals surface area contributed by atoms with Crippen molar-refractivity contribution in [3.63, 3.8) is 0 Å². The molecule has 1 saturated heterocycles. The summed E-state index contributed by atoms with van der Waals surface area (Å²) in [6, 6.07) is 3.15. The van der Waals surface area contributed by atoms with Crippen molar-refractivity contribution >= 4 is 0 Å². The summed E-state index contributed by atoms with van der Waals surface area (Å²) in [5.41, 5.74) is 0.661. The Labute approximate surface area is 142 Å². The highest BCUT2D eigenvalue weighted by molar-refractivity contribution is 5.24. The van der Waals surface area contributed by atoms with Gasteiger partial charge in [-0.25, -0.2) is 4.98 Å². The van der Waals surface area contributed by atoms with Gasteiger partial charge in [-0.3, -0.25) is 4.90 Å². The van der Waals surface area contributed by atoms with Crippen molar-refractivity contribution in [1.29, 1.82) is 0 Å². The first kappa shape index (κ1) is 17.7. The Morgan fingerprint density at radius 3 is 2.50 bits per heavy atom. The molecule has 0 N–H and O–H groups in total. The van der Waals surface area contributed by atoms with Crippen LogP contribution in [0.25, 0.3) is 0 Å². The molecule has 2 heterocycles. The van der Waals surface area contributed by atoms with Crippen LogP contribution in [0.15, 0.2) is 12.1 Å². The molecule has 134 valence electrons. The highest BCUT2D eigenvalue weighted by Gasteiger charge is 2.33. The molecule has 1 aromatic heterocycles. The fourth-order valence-corrected chi connectivity index (χ4v) is 4.11. The number of hydrogen-bond acceptors (Lipinski definition) is 2. The maximum atomic E-state index is 13.2. The molecule has 0 spiro atoms. The third-order valence-corrected chi connectivity index (χ3v) is 5.37. The van der Waals surface area contributed by atoms with Crippen LogP contribution in [0, 0.1) is 11.8 Å². The smallest absolute Gasteiger partial charge is 0.299 e. The predicted octanol–water partition coefficient (Wildman–Crippen LogP) is 5.07. The first-order valence-corrected chi connectivity index (χ1v) is 9.19. The van der Waals surface area contributed by atoms with Crippen molar-refractivity contribution in [2.45, 2.75) is 64.6 Å². The van der Waals surface area contributed by atoms with Crippen molar-refractivity contribution in [2.24, 2.45) is 11.8 Å². The molecular formula is C19H27F3N2. The van der Waals surface area contributed by atoms with E-state index in [2.05, 4.69) is 16.8 Å². The summed E-state index contributed by atoms with van der Waals surface area (Å²) in [7, 11) is 0. The van der Waals surface area contributed by atoms with Crippen LogP contribution < -0.4 is 0 Å². The van der Waals surface area contributed by atoms with Crippen LogP contribution in [0.1, 0.15) is 62.4 Å². The van der Waals surface area contributed by atoms with Crippen LogP contribution in [-0.4, -0.2) is 23.0 Å². The molecule has 1 atom stereocenters. The molecule has 0 bridgehead atoms. The van der Waals surface area contributed by atoms with E-state index in [1.165, 1.54) is 25.3 Å². The summed E-state index contributed by atoms with van der Waals surface area (Å²) in [6.45, 7) is 4.75. The molecule has 1 unspecified atom stereocenters. The number of likely N-dealkylation sites (tertiary alicyclic amines) is 1. The molecule has 2 fully saturated rings. The Hall–Kier alpha value is -1.10. The topological polar surface area (TPSA) is 16.1 Å². The molecule has 24 heavy (non-hydrogen) atoms. The number of pyridine rings is 1. The van der Waals surface area contributed by atoms with Crippen LogP contribution in [-0.2, 0) is 19.1 Å². The third kappa shape index (κ3) is 4.71. The van der Waals surface area contributed by atoms with Crippen molar-refractivity contribution in [2.75, 3.05) is 13.1 Å². The van der Waals surface area contributed by atoms with Gasteiger partial charge in [0.1, 0.15) is 5.69 Å². The fraction of sp³-hybridized carbons (Fsp3) is 0.737. The average molecular weight is 340 g/mol. The average Bonchev–Trinajstić information content (AvgIpc) is 2.92. The molecule has 0 amide bonds. The molecule has 2 nitrogen and oxygen atoms in total. The van der Waals surface area contributed by atoms with Crippen molar-refractivity contribution in [3.8, 4) is 0 Å². The molecule has 1 aromatic rings. The fourth-order valence-electron chi connectivity index (χ4n) is 4.11. The van der Waals surface area contributed by atoms with Gasteiger partial charge >= 0.3 is 6.18 Å². The molecule has 0 aromatic carbocycles. The largest absolute Gasteiger partial charge is 0.433 e. The number of halogens is 3. The minimum atomic E-state index is -4.37. The molecule has 0 radical (unpaired) electrons. The maximum Gasteiger partial charge on any atom is 0.433 e. The van der Waals surface area contributed by atoms with Gasteiger partial charge in [0.15, 0.2) is 0 Å². The molecule has 2 aliphatic rings. The molecular weight excluding hydrogens is 313 g/mol. The highest BCUT2D eigenvalue weighted by atomic mass is 19.4. The van der Waals surface area contributed by atoms with E-state index >= 15 is 0 Å². The summed E-state index contributed by atoms with van der Waals surface area (Å²) >= 11 is 0. The zero-order valence-electron chi connectivity index (χ0n) is 14.4. The van der Waals surface area contributed by atoms with E-state index < -0.39 is 11.9 Å². The lowest BCUT2D eigenvalue weighted by atomic mass is 9.86. The SMILES string of the molecule is CC1CCN(Cc2cc(CC3CCCCC3)nc(C(F)(F)F)c2)C1. The Kier molecular flexibility index (Phi) is 5.48. The van der Waals surface area contributed by atoms with Gasteiger partial charge in [-0.15, -0.1) is 0 Å². The highest BCUT2D eigenvalue weighted by Crippen LogP contribution is 2.31. The summed E-state index contributed by atoms with van der Waals surface area (Å²) in [5.74, 6) is 1.13. The quantitative estimate of drug-likeness (QED) is 0.761. The minimum Gasteiger partial charge on any atom is -0.299 e. The summed E-state index contributed by atoms with van der Waals surface area (Å²) in [5, 5.41) is 0. The van der Waals surface area contributed by atoms with E-state index in [9.17, 15) is 13.2 Å². The second-order valence-electron chi connectivity index (χ2n) is 7.69. The number of alkyl halides is 3. The van der Waals surface area contributed by atoms with Crippen molar-refractivity contribution < 1.29 is 13.2 Å². The van der Waals surface area contributed by atoms with E-state index in [1.807, 2.05) is 6.07 Å². The molecule has 1 saturated carbocycles. The van der Waals surface area contributed by atoms with Crippen LogP contribution in [0.3, 0.4) is 0 Å². The van der Waals surface area contributed by atoms with Gasteiger partial charge in [0.25, 0.3) is 0 Å². The van der Waals surface area contributed by atoms with E-state index in [0.29, 0.717) is 30.5 Å². The number of hydrogen-bond donors (Lipinski definition) is 0. The number of nitrogens with zero attached hydrogens (tertiary/aromatic N) is 2. The Morgan fingerprint density at radius 1 is 1.12 bits per heavy atom. The lowest BCUT2D eigenvalue weighted by Gasteiger charge is -2.22. The van der Waals surface area contributed by atoms with E-state index in [0.717, 1.165) is 37.9 Å². The number of aromatic nitrogens is 1. The van der Waals surface area contributed by atoms with Gasteiger partial charge in [-0.2, -0.15) is 13.2 Å². The number of rotatable bonds is 4. The standard InChI is InChI=1S/C19H27F3N2/c1-14-7-8-24(12-14)13-16-10-17(9-15-5-3-2-4-6-15)23-18(11-16)19(20,21)22/h10-11,14-15H,2-9,12-13H2,1H3. The summed E-state index contributed by atoms with van der Waals surface area (Å²) < 4.78 is 39.7. The van der Waals surface area contributed by atoms with Crippen LogP contribution in [0.4, 0.5) is 13.2 Å². The third-order valence-electron chi connectivity index (χ3n) is 5.37. The molecule has 1 aliphatic carbocycles. The monoisotopic (exact) mass is 340 g/mol. The van der Waals surface area contributed by atoms with Gasteiger partial charge in [-0.1, -0.05) is 39.0 Å². The van der Waals surface area contributed by atoms with E-state index in [1.54, 1.807) is 0 Å². The van der Waals surface area contributed by atoms with Gasteiger partial charge in [-0.05, 0) is 48.9 Å². The maximum absolute atomic E-state index is 13.2. The predicted molar refractivity (Wildman–Crippen MR) is 88.6 cm³/mol.